The Hall–Kier alpha value is -2.00. The Bertz CT molecular complexity index is 1020. The number of Topliss-reactive ketones (excluding diaryl/α,β-unsaturated/α-hetero) is 1. The van der Waals surface area contributed by atoms with Crippen molar-refractivity contribution in [3.63, 3.8) is 0 Å². The minimum absolute atomic E-state index is 0.137. The Morgan fingerprint density at radius 2 is 1.73 bits per heavy atom. The van der Waals surface area contributed by atoms with Crippen molar-refractivity contribution in [2.45, 2.75) is 55.8 Å². The lowest BCUT2D eigenvalue weighted by molar-refractivity contribution is -0.00521. The Morgan fingerprint density at radius 1 is 1.03 bits per heavy atom. The summed E-state index contributed by atoms with van der Waals surface area (Å²) in [7, 11) is 0. The molecule has 2 aromatic rings. The quantitative estimate of drug-likeness (QED) is 0.508. The van der Waals surface area contributed by atoms with Crippen molar-refractivity contribution in [1.29, 1.82) is 0 Å². The van der Waals surface area contributed by atoms with E-state index in [2.05, 4.69) is 24.3 Å². The van der Waals surface area contributed by atoms with Gasteiger partial charge < -0.3 is 4.74 Å². The van der Waals surface area contributed by atoms with Crippen LogP contribution in [0.25, 0.3) is 6.08 Å². The summed E-state index contributed by atoms with van der Waals surface area (Å²) in [5, 5.41) is 0. The van der Waals surface area contributed by atoms with Crippen LogP contribution in [0.15, 0.2) is 52.3 Å². The van der Waals surface area contributed by atoms with Crippen LogP contribution in [-0.2, 0) is 5.41 Å². The molecule has 154 valence electrons. The van der Waals surface area contributed by atoms with Gasteiger partial charge in [-0.3, -0.25) is 4.79 Å². The molecule has 0 atom stereocenters. The first-order chi connectivity index (χ1) is 14.6. The topological polar surface area (TPSA) is 26.3 Å². The molecule has 3 heteroatoms. The number of rotatable bonds is 4. The third-order valence-electron chi connectivity index (χ3n) is 7.82. The fraction of sp³-hybridized carbons (Fsp3) is 0.444. The minimum atomic E-state index is 0.137. The number of carbonyl (C=O) groups excluding carboxylic acids is 1. The van der Waals surface area contributed by atoms with E-state index in [1.54, 1.807) is 11.8 Å². The lowest BCUT2D eigenvalue weighted by Gasteiger charge is -2.57. The van der Waals surface area contributed by atoms with Gasteiger partial charge in [0, 0.05) is 16.0 Å². The second kappa shape index (κ2) is 7.02. The SMILES string of the molecule is CCOc1ccc(C23CC4CC(CC(C4)C2)C3)cc1/C=C1\Sc2ccccc2C1=O. The molecule has 1 heterocycles. The number of hydrogen-bond acceptors (Lipinski definition) is 3. The summed E-state index contributed by atoms with van der Waals surface area (Å²) in [5.74, 6) is 3.80. The number of allylic oxidation sites excluding steroid dienone is 1. The van der Waals surface area contributed by atoms with E-state index in [-0.39, 0.29) is 5.78 Å². The second-order valence-corrected chi connectivity index (χ2v) is 10.9. The Balaban J connectivity index is 1.40. The van der Waals surface area contributed by atoms with Crippen LogP contribution in [-0.4, -0.2) is 12.4 Å². The van der Waals surface area contributed by atoms with Gasteiger partial charge in [-0.1, -0.05) is 30.0 Å². The van der Waals surface area contributed by atoms with E-state index in [0.717, 1.165) is 44.4 Å². The molecular weight excluding hydrogens is 388 g/mol. The van der Waals surface area contributed by atoms with Gasteiger partial charge in [-0.2, -0.15) is 0 Å². The molecule has 30 heavy (non-hydrogen) atoms. The summed E-state index contributed by atoms with van der Waals surface area (Å²) in [5.41, 5.74) is 3.71. The van der Waals surface area contributed by atoms with Gasteiger partial charge in [-0.25, -0.2) is 0 Å². The maximum atomic E-state index is 12.9. The van der Waals surface area contributed by atoms with Gasteiger partial charge in [0.25, 0.3) is 0 Å². The van der Waals surface area contributed by atoms with Crippen molar-refractivity contribution >= 4 is 23.6 Å². The monoisotopic (exact) mass is 416 g/mol. The molecule has 5 aliphatic rings. The highest BCUT2D eigenvalue weighted by atomic mass is 32.2. The molecule has 0 unspecified atom stereocenters. The van der Waals surface area contributed by atoms with E-state index >= 15 is 0 Å². The molecule has 2 nitrogen and oxygen atoms in total. The van der Waals surface area contributed by atoms with Crippen LogP contribution in [0.4, 0.5) is 0 Å². The molecule has 0 amide bonds. The third kappa shape index (κ3) is 2.97. The molecule has 1 aliphatic heterocycles. The average Bonchev–Trinajstić information content (AvgIpc) is 3.04. The minimum Gasteiger partial charge on any atom is -0.493 e. The van der Waals surface area contributed by atoms with Crippen molar-refractivity contribution in [2.24, 2.45) is 17.8 Å². The van der Waals surface area contributed by atoms with Crippen LogP contribution in [0.2, 0.25) is 0 Å². The highest BCUT2D eigenvalue weighted by molar-refractivity contribution is 8.04. The third-order valence-corrected chi connectivity index (χ3v) is 8.92. The lowest BCUT2D eigenvalue weighted by Crippen LogP contribution is -2.48. The van der Waals surface area contributed by atoms with Gasteiger partial charge in [0.2, 0.25) is 5.78 Å². The van der Waals surface area contributed by atoms with Crippen LogP contribution in [0.5, 0.6) is 5.75 Å². The number of ether oxygens (including phenoxy) is 1. The van der Waals surface area contributed by atoms with Crippen LogP contribution >= 0.6 is 11.8 Å². The molecule has 0 radical (unpaired) electrons. The molecule has 0 spiro atoms. The van der Waals surface area contributed by atoms with Gasteiger partial charge in [0.05, 0.1) is 11.5 Å². The number of carbonyl (C=O) groups is 1. The zero-order valence-electron chi connectivity index (χ0n) is 17.5. The molecule has 7 rings (SSSR count). The predicted molar refractivity (Wildman–Crippen MR) is 122 cm³/mol. The summed E-state index contributed by atoms with van der Waals surface area (Å²) in [4.78, 5) is 14.8. The van der Waals surface area contributed by atoms with Gasteiger partial charge in [0.1, 0.15) is 5.75 Å². The summed E-state index contributed by atoms with van der Waals surface area (Å²) in [6.45, 7) is 2.66. The summed E-state index contributed by atoms with van der Waals surface area (Å²) in [6.07, 6.45) is 10.5. The summed E-state index contributed by atoms with van der Waals surface area (Å²) >= 11 is 1.59. The predicted octanol–water partition coefficient (Wildman–Crippen LogP) is 6.88. The molecule has 0 aromatic heterocycles. The van der Waals surface area contributed by atoms with E-state index in [1.807, 2.05) is 31.2 Å². The van der Waals surface area contributed by atoms with Crippen LogP contribution in [0.3, 0.4) is 0 Å². The van der Waals surface area contributed by atoms with E-state index in [9.17, 15) is 4.79 Å². The van der Waals surface area contributed by atoms with E-state index in [1.165, 1.54) is 44.1 Å². The fourth-order valence-electron chi connectivity index (χ4n) is 7.02. The molecular formula is C27H28O2S. The van der Waals surface area contributed by atoms with Gasteiger partial charge in [0.15, 0.2) is 0 Å². The number of ketones is 1. The molecule has 2 aromatic carbocycles. The van der Waals surface area contributed by atoms with E-state index in [0.29, 0.717) is 12.0 Å². The molecule has 0 N–H and O–H groups in total. The van der Waals surface area contributed by atoms with Crippen LogP contribution in [0.1, 0.15) is 66.9 Å². The van der Waals surface area contributed by atoms with Crippen LogP contribution in [0, 0.1) is 17.8 Å². The number of benzene rings is 2. The van der Waals surface area contributed by atoms with Crippen LogP contribution < -0.4 is 4.74 Å². The zero-order valence-corrected chi connectivity index (χ0v) is 18.3. The molecule has 4 aliphatic carbocycles. The Kier molecular flexibility index (Phi) is 4.38. The van der Waals surface area contributed by atoms with Crippen molar-refractivity contribution < 1.29 is 9.53 Å². The average molecular weight is 417 g/mol. The van der Waals surface area contributed by atoms with E-state index < -0.39 is 0 Å². The second-order valence-electron chi connectivity index (χ2n) is 9.82. The molecule has 4 fully saturated rings. The van der Waals surface area contributed by atoms with Crippen molar-refractivity contribution in [1.82, 2.24) is 0 Å². The first-order valence-corrected chi connectivity index (χ1v) is 12.3. The highest BCUT2D eigenvalue weighted by Gasteiger charge is 2.51. The van der Waals surface area contributed by atoms with Gasteiger partial charge in [-0.15, -0.1) is 0 Å². The summed E-state index contributed by atoms with van der Waals surface area (Å²) in [6, 6.07) is 14.7. The maximum absolute atomic E-state index is 12.9. The van der Waals surface area contributed by atoms with E-state index in [4.69, 9.17) is 4.74 Å². The lowest BCUT2D eigenvalue weighted by atomic mass is 9.48. The van der Waals surface area contributed by atoms with Crippen molar-refractivity contribution in [3.05, 3.63) is 64.1 Å². The number of fused-ring (bicyclic) bond motifs is 1. The fourth-order valence-corrected chi connectivity index (χ4v) is 8.06. The maximum Gasteiger partial charge on any atom is 0.200 e. The zero-order chi connectivity index (χ0) is 20.3. The van der Waals surface area contributed by atoms with Crippen molar-refractivity contribution in [3.8, 4) is 5.75 Å². The largest absolute Gasteiger partial charge is 0.493 e. The Morgan fingerprint density at radius 3 is 2.40 bits per heavy atom. The smallest absolute Gasteiger partial charge is 0.200 e. The van der Waals surface area contributed by atoms with Gasteiger partial charge in [-0.05, 0) is 105 Å². The van der Waals surface area contributed by atoms with Gasteiger partial charge >= 0.3 is 0 Å². The van der Waals surface area contributed by atoms with Crippen molar-refractivity contribution in [2.75, 3.05) is 6.61 Å². The first-order valence-electron chi connectivity index (χ1n) is 11.4. The molecule has 4 bridgehead atoms. The Labute approximate surface area is 183 Å². The summed E-state index contributed by atoms with van der Waals surface area (Å²) < 4.78 is 5.97. The normalized spacial score (nSPS) is 32.6. The highest BCUT2D eigenvalue weighted by Crippen LogP contribution is 2.61. The number of hydrogen-bond donors (Lipinski definition) is 0. The molecule has 0 saturated heterocycles. The number of thioether (sulfide) groups is 1. The standard InChI is InChI=1S/C27H28O2S/c1-2-29-23-8-7-21(27-14-17-9-18(15-27)11-19(10-17)16-27)12-20(23)13-25-26(28)22-5-3-4-6-24(22)30-25/h3-8,12-13,17-19H,2,9-11,14-16H2,1H3/b25-13-. The first kappa shape index (κ1) is 18.7. The molecule has 4 saturated carbocycles.